The third-order valence-electron chi connectivity index (χ3n) is 3.74. The maximum Gasteiger partial charge on any atom is 0.338 e. The van der Waals surface area contributed by atoms with E-state index in [2.05, 4.69) is 37.9 Å². The molecule has 0 aromatic heterocycles. The summed E-state index contributed by atoms with van der Waals surface area (Å²) in [4.78, 5) is 12.6. The first-order valence-electron chi connectivity index (χ1n) is 7.92. The molecule has 1 aromatic rings. The van der Waals surface area contributed by atoms with Crippen LogP contribution in [0.3, 0.4) is 0 Å². The second-order valence-corrected chi connectivity index (χ2v) is 7.12. The Hall–Kier alpha value is -1.98. The van der Waals surface area contributed by atoms with E-state index in [1.54, 1.807) is 19.9 Å². The van der Waals surface area contributed by atoms with E-state index in [4.69, 9.17) is 19.9 Å². The summed E-state index contributed by atoms with van der Waals surface area (Å²) in [6, 6.07) is 5.68. The van der Waals surface area contributed by atoms with Gasteiger partial charge in [-0.1, -0.05) is 15.9 Å². The third kappa shape index (κ3) is 3.89. The number of halogens is 2. The smallest absolute Gasteiger partial charge is 0.338 e. The Labute approximate surface area is 168 Å². The fraction of sp³-hybridized carbons (Fsp3) is 0.333. The van der Waals surface area contributed by atoms with E-state index >= 15 is 0 Å². The normalized spacial score (nSPS) is 16.8. The fourth-order valence-electron chi connectivity index (χ4n) is 2.76. The zero-order chi connectivity index (χ0) is 19.4. The van der Waals surface area contributed by atoms with Crippen molar-refractivity contribution in [3.05, 3.63) is 49.4 Å². The molecular weight excluding hydrogens is 468 g/mol. The molecule has 0 amide bonds. The SMILES string of the molecule is CCOC(=O)C1=C(C)OC(N)=C(C#N)C1c1cc(Br)cc(Br)c1OCC. The Morgan fingerprint density at radius 2 is 2.04 bits per heavy atom. The highest BCUT2D eigenvalue weighted by Crippen LogP contribution is 2.46. The largest absolute Gasteiger partial charge is 0.492 e. The van der Waals surface area contributed by atoms with Crippen LogP contribution in [0.25, 0.3) is 0 Å². The van der Waals surface area contributed by atoms with Crippen LogP contribution in [0.1, 0.15) is 32.3 Å². The predicted octanol–water partition coefficient (Wildman–Crippen LogP) is 4.26. The molecule has 1 heterocycles. The van der Waals surface area contributed by atoms with Gasteiger partial charge in [-0.25, -0.2) is 4.79 Å². The first-order valence-corrected chi connectivity index (χ1v) is 9.51. The molecule has 0 spiro atoms. The molecule has 0 bridgehead atoms. The molecule has 1 aliphatic heterocycles. The molecule has 0 radical (unpaired) electrons. The van der Waals surface area contributed by atoms with Gasteiger partial charge >= 0.3 is 5.97 Å². The van der Waals surface area contributed by atoms with Crippen LogP contribution in [-0.2, 0) is 14.3 Å². The minimum Gasteiger partial charge on any atom is -0.492 e. The number of nitrogens with zero attached hydrogens (tertiary/aromatic N) is 1. The van der Waals surface area contributed by atoms with E-state index in [1.807, 2.05) is 13.0 Å². The maximum atomic E-state index is 12.6. The van der Waals surface area contributed by atoms with E-state index in [0.717, 1.165) is 4.47 Å². The molecule has 2 N–H and O–H groups in total. The number of carbonyl (C=O) groups is 1. The summed E-state index contributed by atoms with van der Waals surface area (Å²) in [7, 11) is 0. The van der Waals surface area contributed by atoms with Crippen molar-refractivity contribution in [1.29, 1.82) is 5.26 Å². The van der Waals surface area contributed by atoms with Gasteiger partial charge in [-0.05, 0) is 48.8 Å². The number of carbonyl (C=O) groups excluding carboxylic acids is 1. The number of benzene rings is 1. The van der Waals surface area contributed by atoms with Crippen LogP contribution in [-0.4, -0.2) is 19.2 Å². The van der Waals surface area contributed by atoms with Crippen LogP contribution < -0.4 is 10.5 Å². The molecule has 2 rings (SSSR count). The Balaban J connectivity index is 2.78. The first-order chi connectivity index (χ1) is 12.3. The standard InChI is InChI=1S/C18H18Br2N2O4/c1-4-24-16-11(6-10(19)7-13(16)20)15-12(8-21)17(22)26-9(3)14(15)18(23)25-5-2/h6-7,15H,4-5,22H2,1-3H3. The van der Waals surface area contributed by atoms with Gasteiger partial charge in [0.05, 0.1) is 29.2 Å². The molecule has 138 valence electrons. The number of rotatable bonds is 5. The van der Waals surface area contributed by atoms with Crippen molar-refractivity contribution in [1.82, 2.24) is 0 Å². The molecule has 8 heteroatoms. The monoisotopic (exact) mass is 484 g/mol. The van der Waals surface area contributed by atoms with Gasteiger partial charge in [0.1, 0.15) is 23.2 Å². The summed E-state index contributed by atoms with van der Waals surface area (Å²) in [6.07, 6.45) is 0. The molecule has 0 fully saturated rings. The maximum absolute atomic E-state index is 12.6. The lowest BCUT2D eigenvalue weighted by atomic mass is 9.82. The van der Waals surface area contributed by atoms with Crippen LogP contribution in [0.15, 0.2) is 43.9 Å². The molecule has 0 saturated heterocycles. The lowest BCUT2D eigenvalue weighted by Gasteiger charge is -2.28. The minimum absolute atomic E-state index is 0.0402. The first kappa shape index (κ1) is 20.3. The molecule has 1 aromatic carbocycles. The summed E-state index contributed by atoms with van der Waals surface area (Å²) < 4.78 is 17.8. The molecule has 26 heavy (non-hydrogen) atoms. The second kappa shape index (κ2) is 8.60. The van der Waals surface area contributed by atoms with Gasteiger partial charge in [0, 0.05) is 10.0 Å². The van der Waals surface area contributed by atoms with Gasteiger partial charge in [-0.3, -0.25) is 0 Å². The topological polar surface area (TPSA) is 94.6 Å². The number of hydrogen-bond donors (Lipinski definition) is 1. The zero-order valence-electron chi connectivity index (χ0n) is 14.6. The van der Waals surface area contributed by atoms with Gasteiger partial charge in [-0.15, -0.1) is 0 Å². The average molecular weight is 486 g/mol. The van der Waals surface area contributed by atoms with Gasteiger partial charge < -0.3 is 19.9 Å². The van der Waals surface area contributed by atoms with Crippen molar-refractivity contribution in [3.63, 3.8) is 0 Å². The van der Waals surface area contributed by atoms with E-state index in [0.29, 0.717) is 28.2 Å². The molecule has 0 saturated carbocycles. The Morgan fingerprint density at radius 1 is 1.35 bits per heavy atom. The second-order valence-electron chi connectivity index (χ2n) is 5.35. The highest BCUT2D eigenvalue weighted by Gasteiger charge is 2.38. The van der Waals surface area contributed by atoms with Crippen LogP contribution in [0, 0.1) is 11.3 Å². The zero-order valence-corrected chi connectivity index (χ0v) is 17.7. The van der Waals surface area contributed by atoms with Crippen LogP contribution >= 0.6 is 31.9 Å². The molecule has 0 aliphatic carbocycles. The summed E-state index contributed by atoms with van der Waals surface area (Å²) >= 11 is 6.92. The van der Waals surface area contributed by atoms with Gasteiger partial charge in [0.25, 0.3) is 0 Å². The molecule has 1 aliphatic rings. The van der Waals surface area contributed by atoms with E-state index < -0.39 is 11.9 Å². The van der Waals surface area contributed by atoms with Crippen LogP contribution in [0.4, 0.5) is 0 Å². The summed E-state index contributed by atoms with van der Waals surface area (Å²) in [5.74, 6) is -0.542. The highest BCUT2D eigenvalue weighted by molar-refractivity contribution is 9.11. The average Bonchev–Trinajstić information content (AvgIpc) is 2.56. The van der Waals surface area contributed by atoms with Gasteiger partial charge in [0.15, 0.2) is 0 Å². The van der Waals surface area contributed by atoms with Gasteiger partial charge in [-0.2, -0.15) is 5.26 Å². The number of nitrogens with two attached hydrogens (primary N) is 1. The van der Waals surface area contributed by atoms with Crippen molar-refractivity contribution in [3.8, 4) is 11.8 Å². The van der Waals surface area contributed by atoms with Crippen molar-refractivity contribution in [2.45, 2.75) is 26.7 Å². The Kier molecular flexibility index (Phi) is 6.73. The lowest BCUT2D eigenvalue weighted by Crippen LogP contribution is -2.26. The van der Waals surface area contributed by atoms with E-state index in [1.165, 1.54) is 0 Å². The highest BCUT2D eigenvalue weighted by atomic mass is 79.9. The predicted molar refractivity (Wildman–Crippen MR) is 103 cm³/mol. The van der Waals surface area contributed by atoms with E-state index in [-0.39, 0.29) is 23.6 Å². The number of nitriles is 1. The fourth-order valence-corrected chi connectivity index (χ4v) is 4.13. The van der Waals surface area contributed by atoms with Crippen LogP contribution in [0.2, 0.25) is 0 Å². The molecule has 1 unspecified atom stereocenters. The van der Waals surface area contributed by atoms with Gasteiger partial charge in [0.2, 0.25) is 5.88 Å². The van der Waals surface area contributed by atoms with Crippen molar-refractivity contribution in [2.75, 3.05) is 13.2 Å². The Bertz CT molecular complexity index is 840. The number of allylic oxidation sites excluding steroid dienone is 2. The third-order valence-corrected chi connectivity index (χ3v) is 4.78. The quantitative estimate of drug-likeness (QED) is 0.626. The number of ether oxygens (including phenoxy) is 3. The molecule has 6 nitrogen and oxygen atoms in total. The molecular formula is C18H18Br2N2O4. The lowest BCUT2D eigenvalue weighted by molar-refractivity contribution is -0.139. The van der Waals surface area contributed by atoms with E-state index in [9.17, 15) is 10.1 Å². The Morgan fingerprint density at radius 3 is 2.62 bits per heavy atom. The number of hydrogen-bond acceptors (Lipinski definition) is 6. The van der Waals surface area contributed by atoms with Crippen molar-refractivity contribution < 1.29 is 19.0 Å². The summed E-state index contributed by atoms with van der Waals surface area (Å²) in [5.41, 5.74) is 6.89. The molecule has 1 atom stereocenters. The van der Waals surface area contributed by atoms with Crippen LogP contribution in [0.5, 0.6) is 5.75 Å². The number of esters is 1. The summed E-state index contributed by atoms with van der Waals surface area (Å²) in [5, 5.41) is 9.66. The minimum atomic E-state index is -0.761. The summed E-state index contributed by atoms with van der Waals surface area (Å²) in [6.45, 7) is 5.79. The van der Waals surface area contributed by atoms with Crippen molar-refractivity contribution in [2.24, 2.45) is 5.73 Å². The van der Waals surface area contributed by atoms with Crippen molar-refractivity contribution >= 4 is 37.8 Å².